The third-order valence-electron chi connectivity index (χ3n) is 3.11. The van der Waals surface area contributed by atoms with Crippen molar-refractivity contribution in [3.8, 4) is 5.75 Å². The maximum Gasteiger partial charge on any atom is 0.339 e. The number of hydrogen-bond acceptors (Lipinski definition) is 3. The average Bonchev–Trinajstić information content (AvgIpc) is 2.67. The van der Waals surface area contributed by atoms with Crippen LogP contribution in [0.4, 0.5) is 0 Å². The van der Waals surface area contributed by atoms with Crippen LogP contribution in [0, 0.1) is 0 Å². The van der Waals surface area contributed by atoms with Gasteiger partial charge in [-0.3, -0.25) is 0 Å². The van der Waals surface area contributed by atoms with Crippen LogP contribution in [0.5, 0.6) is 5.75 Å². The van der Waals surface area contributed by atoms with Crippen LogP contribution in [0.15, 0.2) is 48.5 Å². The molecule has 0 saturated carbocycles. The molecule has 0 aliphatic carbocycles. The van der Waals surface area contributed by atoms with Gasteiger partial charge in [0.05, 0.1) is 5.56 Å². The van der Waals surface area contributed by atoms with E-state index < -0.39 is 0 Å². The Balaban J connectivity index is 1.90. The Labute approximate surface area is 105 Å². The minimum atomic E-state index is -0.268. The van der Waals surface area contributed by atoms with E-state index in [1.54, 1.807) is 24.3 Å². The minimum Gasteiger partial charge on any atom is -0.508 e. The number of rotatable bonds is 2. The van der Waals surface area contributed by atoms with Gasteiger partial charge in [0, 0.05) is 12.0 Å². The zero-order valence-corrected chi connectivity index (χ0v) is 9.67. The molecule has 1 aliphatic heterocycles. The first kappa shape index (κ1) is 10.8. The second kappa shape index (κ2) is 4.18. The monoisotopic (exact) mass is 240 g/mol. The van der Waals surface area contributed by atoms with Crippen LogP contribution < -0.4 is 0 Å². The molecule has 3 nitrogen and oxygen atoms in total. The van der Waals surface area contributed by atoms with Gasteiger partial charge in [0.15, 0.2) is 0 Å². The average molecular weight is 240 g/mol. The van der Waals surface area contributed by atoms with E-state index in [2.05, 4.69) is 0 Å². The number of benzene rings is 2. The molecule has 1 N–H and O–H groups in total. The lowest BCUT2D eigenvalue weighted by molar-refractivity contribution is 0.0387. The van der Waals surface area contributed by atoms with Crippen molar-refractivity contribution < 1.29 is 14.6 Å². The Hall–Kier alpha value is -2.29. The van der Waals surface area contributed by atoms with Crippen molar-refractivity contribution in [3.05, 3.63) is 65.2 Å². The fourth-order valence-corrected chi connectivity index (χ4v) is 2.27. The molecule has 1 heterocycles. The maximum absolute atomic E-state index is 11.7. The van der Waals surface area contributed by atoms with Gasteiger partial charge < -0.3 is 9.84 Å². The molecule has 3 heteroatoms. The van der Waals surface area contributed by atoms with E-state index in [1.165, 1.54) is 0 Å². The smallest absolute Gasteiger partial charge is 0.339 e. The number of ether oxygens (including phenoxy) is 1. The molecule has 0 spiro atoms. The van der Waals surface area contributed by atoms with Gasteiger partial charge in [0.2, 0.25) is 0 Å². The molecule has 2 aromatic carbocycles. The highest BCUT2D eigenvalue weighted by Gasteiger charge is 2.30. The summed E-state index contributed by atoms with van der Waals surface area (Å²) >= 11 is 0. The molecule has 0 bridgehead atoms. The maximum atomic E-state index is 11.7. The summed E-state index contributed by atoms with van der Waals surface area (Å²) in [5.41, 5.74) is 2.51. The summed E-state index contributed by atoms with van der Waals surface area (Å²) < 4.78 is 5.36. The molecule has 0 saturated heterocycles. The lowest BCUT2D eigenvalue weighted by Gasteiger charge is -2.10. The Morgan fingerprint density at radius 2 is 1.94 bits per heavy atom. The van der Waals surface area contributed by atoms with Crippen molar-refractivity contribution in [1.29, 1.82) is 0 Å². The van der Waals surface area contributed by atoms with Crippen molar-refractivity contribution in [2.24, 2.45) is 0 Å². The van der Waals surface area contributed by atoms with E-state index in [-0.39, 0.29) is 17.8 Å². The number of phenols is 1. The lowest BCUT2D eigenvalue weighted by atomic mass is 9.99. The zero-order valence-electron chi connectivity index (χ0n) is 9.67. The van der Waals surface area contributed by atoms with Crippen LogP contribution in [0.3, 0.4) is 0 Å². The topological polar surface area (TPSA) is 46.5 Å². The quantitative estimate of drug-likeness (QED) is 0.821. The molecule has 2 aromatic rings. The van der Waals surface area contributed by atoms with Crippen molar-refractivity contribution in [1.82, 2.24) is 0 Å². The van der Waals surface area contributed by atoms with Gasteiger partial charge in [-0.25, -0.2) is 4.79 Å². The molecule has 1 unspecified atom stereocenters. The van der Waals surface area contributed by atoms with Crippen LogP contribution >= 0.6 is 0 Å². The highest BCUT2D eigenvalue weighted by molar-refractivity contribution is 5.94. The third kappa shape index (κ3) is 1.84. The summed E-state index contributed by atoms with van der Waals surface area (Å²) in [5.74, 6) is -0.0409. The lowest BCUT2D eigenvalue weighted by Crippen LogP contribution is -2.02. The molecular formula is C15H12O3. The van der Waals surface area contributed by atoms with E-state index in [0.29, 0.717) is 12.0 Å². The van der Waals surface area contributed by atoms with Crippen molar-refractivity contribution >= 4 is 5.97 Å². The molecule has 0 radical (unpaired) electrons. The standard InChI is InChI=1S/C15H12O3/c16-11-5-3-4-10(8-11)9-14-12-6-1-2-7-13(12)15(17)18-14/h1-8,14,16H,9H2. The predicted molar refractivity (Wildman–Crippen MR) is 66.4 cm³/mol. The zero-order chi connectivity index (χ0) is 12.5. The van der Waals surface area contributed by atoms with Crippen molar-refractivity contribution in [3.63, 3.8) is 0 Å². The van der Waals surface area contributed by atoms with E-state index in [4.69, 9.17) is 4.74 Å². The number of cyclic esters (lactones) is 1. The van der Waals surface area contributed by atoms with Crippen molar-refractivity contribution in [2.45, 2.75) is 12.5 Å². The fraction of sp³-hybridized carbons (Fsp3) is 0.133. The van der Waals surface area contributed by atoms with Gasteiger partial charge in [-0.15, -0.1) is 0 Å². The summed E-state index contributed by atoms with van der Waals surface area (Å²) in [4.78, 5) is 11.7. The summed E-state index contributed by atoms with van der Waals surface area (Å²) in [6.45, 7) is 0. The summed E-state index contributed by atoms with van der Waals surface area (Å²) in [7, 11) is 0. The Kier molecular flexibility index (Phi) is 2.52. The Morgan fingerprint density at radius 1 is 1.11 bits per heavy atom. The minimum absolute atomic E-state index is 0.227. The number of esters is 1. The molecule has 1 atom stereocenters. The van der Waals surface area contributed by atoms with Gasteiger partial charge in [0.25, 0.3) is 0 Å². The second-order valence-electron chi connectivity index (χ2n) is 4.36. The molecule has 90 valence electrons. The highest BCUT2D eigenvalue weighted by atomic mass is 16.5. The van der Waals surface area contributed by atoms with Crippen LogP contribution in [0.1, 0.15) is 27.6 Å². The van der Waals surface area contributed by atoms with Crippen LogP contribution in [0.2, 0.25) is 0 Å². The number of carbonyl (C=O) groups excluding carboxylic acids is 1. The van der Waals surface area contributed by atoms with Gasteiger partial charge in [-0.2, -0.15) is 0 Å². The normalized spacial score (nSPS) is 17.3. The number of fused-ring (bicyclic) bond motifs is 1. The Morgan fingerprint density at radius 3 is 2.78 bits per heavy atom. The Bertz CT molecular complexity index is 604. The van der Waals surface area contributed by atoms with Crippen LogP contribution in [-0.4, -0.2) is 11.1 Å². The SMILES string of the molecule is O=C1OC(Cc2cccc(O)c2)c2ccccc21. The van der Waals surface area contributed by atoms with Crippen LogP contribution in [-0.2, 0) is 11.2 Å². The molecule has 3 rings (SSSR count). The number of carbonyl (C=O) groups is 1. The largest absolute Gasteiger partial charge is 0.508 e. The molecular weight excluding hydrogens is 228 g/mol. The third-order valence-corrected chi connectivity index (χ3v) is 3.11. The first-order valence-electron chi connectivity index (χ1n) is 5.82. The van der Waals surface area contributed by atoms with Gasteiger partial charge >= 0.3 is 5.97 Å². The van der Waals surface area contributed by atoms with E-state index in [1.807, 2.05) is 24.3 Å². The molecule has 0 fully saturated rings. The van der Waals surface area contributed by atoms with Gasteiger partial charge in [0.1, 0.15) is 11.9 Å². The summed E-state index contributed by atoms with van der Waals surface area (Å²) in [6, 6.07) is 14.4. The summed E-state index contributed by atoms with van der Waals surface area (Å²) in [5, 5.41) is 9.43. The molecule has 0 amide bonds. The van der Waals surface area contributed by atoms with E-state index in [0.717, 1.165) is 11.1 Å². The van der Waals surface area contributed by atoms with E-state index >= 15 is 0 Å². The first-order chi connectivity index (χ1) is 8.74. The molecule has 18 heavy (non-hydrogen) atoms. The predicted octanol–water partition coefficient (Wildman–Crippen LogP) is 2.85. The molecule has 0 aromatic heterocycles. The first-order valence-corrected chi connectivity index (χ1v) is 5.82. The second-order valence-corrected chi connectivity index (χ2v) is 4.36. The number of phenolic OH excluding ortho intramolecular Hbond substituents is 1. The highest BCUT2D eigenvalue weighted by Crippen LogP contribution is 2.33. The van der Waals surface area contributed by atoms with E-state index in [9.17, 15) is 9.90 Å². The number of hydrogen-bond donors (Lipinski definition) is 1. The fourth-order valence-electron chi connectivity index (χ4n) is 2.27. The van der Waals surface area contributed by atoms with Gasteiger partial charge in [-0.05, 0) is 23.8 Å². The molecule has 1 aliphatic rings. The number of aromatic hydroxyl groups is 1. The summed E-state index contributed by atoms with van der Waals surface area (Å²) in [6.07, 6.45) is 0.326. The van der Waals surface area contributed by atoms with Crippen LogP contribution in [0.25, 0.3) is 0 Å². The van der Waals surface area contributed by atoms with Crippen molar-refractivity contribution in [2.75, 3.05) is 0 Å². The van der Waals surface area contributed by atoms with Gasteiger partial charge in [-0.1, -0.05) is 30.3 Å².